The van der Waals surface area contributed by atoms with E-state index in [4.69, 9.17) is 19.9 Å². The van der Waals surface area contributed by atoms with Gasteiger partial charge in [0.1, 0.15) is 13.2 Å². The third kappa shape index (κ3) is 2.62. The van der Waals surface area contributed by atoms with Crippen LogP contribution in [0.25, 0.3) is 0 Å². The lowest BCUT2D eigenvalue weighted by atomic mass is 10.1. The van der Waals surface area contributed by atoms with Gasteiger partial charge in [0.15, 0.2) is 11.5 Å². The second-order valence-corrected chi connectivity index (χ2v) is 5.04. The van der Waals surface area contributed by atoms with E-state index in [0.717, 1.165) is 30.3 Å². The predicted molar refractivity (Wildman–Crippen MR) is 73.0 cm³/mol. The van der Waals surface area contributed by atoms with E-state index in [9.17, 15) is 0 Å². The van der Waals surface area contributed by atoms with Crippen molar-refractivity contribution in [2.24, 2.45) is 5.73 Å². The summed E-state index contributed by atoms with van der Waals surface area (Å²) in [5, 5.41) is 0. The molecule has 2 atom stereocenters. The van der Waals surface area contributed by atoms with Crippen molar-refractivity contribution in [2.75, 3.05) is 37.7 Å². The second-order valence-electron chi connectivity index (χ2n) is 5.04. The van der Waals surface area contributed by atoms with Crippen molar-refractivity contribution in [1.29, 1.82) is 0 Å². The molecule has 1 fully saturated rings. The second kappa shape index (κ2) is 5.27. The highest BCUT2D eigenvalue weighted by Gasteiger charge is 2.25. The van der Waals surface area contributed by atoms with Crippen LogP contribution in [0.3, 0.4) is 0 Å². The van der Waals surface area contributed by atoms with Crippen molar-refractivity contribution in [3.05, 3.63) is 18.2 Å². The fraction of sp³-hybridized carbons (Fsp3) is 0.571. The van der Waals surface area contributed by atoms with E-state index in [1.807, 2.05) is 12.1 Å². The van der Waals surface area contributed by atoms with Crippen LogP contribution in [0, 0.1) is 0 Å². The Labute approximate surface area is 113 Å². The third-order valence-corrected chi connectivity index (χ3v) is 3.48. The van der Waals surface area contributed by atoms with E-state index in [1.165, 1.54) is 0 Å². The lowest BCUT2D eigenvalue weighted by Crippen LogP contribution is -2.49. The minimum Gasteiger partial charge on any atom is -0.486 e. The van der Waals surface area contributed by atoms with Crippen molar-refractivity contribution >= 4 is 5.69 Å². The van der Waals surface area contributed by atoms with Gasteiger partial charge in [0.25, 0.3) is 0 Å². The van der Waals surface area contributed by atoms with Crippen LogP contribution in [-0.2, 0) is 4.74 Å². The largest absolute Gasteiger partial charge is 0.486 e. The maximum Gasteiger partial charge on any atom is 0.163 e. The lowest BCUT2D eigenvalue weighted by Gasteiger charge is -2.38. The molecule has 0 aromatic heterocycles. The first-order valence-electron chi connectivity index (χ1n) is 6.76. The van der Waals surface area contributed by atoms with Crippen molar-refractivity contribution in [2.45, 2.75) is 19.1 Å². The van der Waals surface area contributed by atoms with E-state index in [-0.39, 0.29) is 12.2 Å². The molecule has 5 nitrogen and oxygen atoms in total. The maximum atomic E-state index is 5.78. The Morgan fingerprint density at radius 1 is 1.21 bits per heavy atom. The summed E-state index contributed by atoms with van der Waals surface area (Å²) in [4.78, 5) is 2.30. The first-order chi connectivity index (χ1) is 9.26. The van der Waals surface area contributed by atoms with E-state index < -0.39 is 0 Å². The van der Waals surface area contributed by atoms with Crippen LogP contribution in [0.2, 0.25) is 0 Å². The summed E-state index contributed by atoms with van der Waals surface area (Å²) >= 11 is 0. The van der Waals surface area contributed by atoms with Gasteiger partial charge >= 0.3 is 0 Å². The number of morpholine rings is 1. The molecular formula is C14H20N2O3. The van der Waals surface area contributed by atoms with Gasteiger partial charge in [-0.25, -0.2) is 0 Å². The zero-order chi connectivity index (χ0) is 13.2. The summed E-state index contributed by atoms with van der Waals surface area (Å²) in [6.07, 6.45) is 0.285. The fourth-order valence-corrected chi connectivity index (χ4v) is 2.61. The van der Waals surface area contributed by atoms with Gasteiger partial charge < -0.3 is 24.8 Å². The van der Waals surface area contributed by atoms with Crippen LogP contribution in [-0.4, -0.2) is 45.1 Å². The summed E-state index contributed by atoms with van der Waals surface area (Å²) < 4.78 is 16.9. The number of hydrogen-bond acceptors (Lipinski definition) is 5. The topological polar surface area (TPSA) is 57.0 Å². The molecule has 0 amide bonds. The summed E-state index contributed by atoms with van der Waals surface area (Å²) in [5.74, 6) is 1.65. The van der Waals surface area contributed by atoms with E-state index in [0.29, 0.717) is 19.8 Å². The van der Waals surface area contributed by atoms with Gasteiger partial charge in [0.05, 0.1) is 12.2 Å². The predicted octanol–water partition coefficient (Wildman–Crippen LogP) is 1.01. The standard InChI is InChI=1S/C14H20N2O3/c1-10-8-16(9-12(7-15)19-10)11-2-3-13-14(6-11)18-5-4-17-13/h2-3,6,10,12H,4-5,7-9,15H2,1H3. The van der Waals surface area contributed by atoms with Crippen molar-refractivity contribution < 1.29 is 14.2 Å². The van der Waals surface area contributed by atoms with E-state index in [1.54, 1.807) is 0 Å². The molecule has 2 aliphatic rings. The highest BCUT2D eigenvalue weighted by Crippen LogP contribution is 2.34. The van der Waals surface area contributed by atoms with Crippen LogP contribution in [0.5, 0.6) is 11.5 Å². The number of anilines is 1. The van der Waals surface area contributed by atoms with Crippen LogP contribution in [0.15, 0.2) is 18.2 Å². The molecule has 2 unspecified atom stereocenters. The molecule has 0 aliphatic carbocycles. The smallest absolute Gasteiger partial charge is 0.163 e. The molecule has 5 heteroatoms. The van der Waals surface area contributed by atoms with E-state index in [2.05, 4.69) is 17.9 Å². The summed E-state index contributed by atoms with van der Waals surface area (Å²) in [7, 11) is 0. The molecule has 2 heterocycles. The number of fused-ring (bicyclic) bond motifs is 1. The minimum atomic E-state index is 0.0944. The Bertz CT molecular complexity index is 452. The minimum absolute atomic E-state index is 0.0944. The molecule has 2 N–H and O–H groups in total. The average Bonchev–Trinajstić information content (AvgIpc) is 2.46. The van der Waals surface area contributed by atoms with Gasteiger partial charge in [-0.3, -0.25) is 0 Å². The van der Waals surface area contributed by atoms with Crippen molar-refractivity contribution in [3.8, 4) is 11.5 Å². The molecule has 19 heavy (non-hydrogen) atoms. The Kier molecular flexibility index (Phi) is 3.48. The zero-order valence-electron chi connectivity index (χ0n) is 11.2. The maximum absolute atomic E-state index is 5.78. The molecular weight excluding hydrogens is 244 g/mol. The summed E-state index contributed by atoms with van der Waals surface area (Å²) in [6, 6.07) is 6.08. The molecule has 1 aromatic carbocycles. The van der Waals surface area contributed by atoms with Crippen LogP contribution >= 0.6 is 0 Å². The van der Waals surface area contributed by atoms with Gasteiger partial charge in [-0.15, -0.1) is 0 Å². The third-order valence-electron chi connectivity index (χ3n) is 3.48. The number of hydrogen-bond donors (Lipinski definition) is 1. The van der Waals surface area contributed by atoms with Gasteiger partial charge in [-0.05, 0) is 19.1 Å². The Hall–Kier alpha value is -1.46. The zero-order valence-corrected chi connectivity index (χ0v) is 11.2. The molecule has 0 saturated carbocycles. The molecule has 1 aromatic rings. The molecule has 3 rings (SSSR count). The molecule has 1 saturated heterocycles. The Morgan fingerprint density at radius 2 is 2.00 bits per heavy atom. The molecule has 0 spiro atoms. The molecule has 104 valence electrons. The summed E-state index contributed by atoms with van der Waals surface area (Å²) in [6.45, 7) is 5.55. The molecule has 2 aliphatic heterocycles. The summed E-state index contributed by atoms with van der Waals surface area (Å²) in [5.41, 5.74) is 6.86. The van der Waals surface area contributed by atoms with Gasteiger partial charge in [-0.1, -0.05) is 0 Å². The number of benzene rings is 1. The Balaban J connectivity index is 1.81. The van der Waals surface area contributed by atoms with Gasteiger partial charge in [0.2, 0.25) is 0 Å². The quantitative estimate of drug-likeness (QED) is 0.864. The number of ether oxygens (including phenoxy) is 3. The van der Waals surface area contributed by atoms with Crippen LogP contribution in [0.4, 0.5) is 5.69 Å². The first-order valence-corrected chi connectivity index (χ1v) is 6.76. The van der Waals surface area contributed by atoms with Crippen LogP contribution < -0.4 is 20.1 Å². The SMILES string of the molecule is CC1CN(c2ccc3c(c2)OCCO3)CC(CN)O1. The highest BCUT2D eigenvalue weighted by atomic mass is 16.6. The highest BCUT2D eigenvalue weighted by molar-refractivity contribution is 5.57. The monoisotopic (exact) mass is 264 g/mol. The normalized spacial score (nSPS) is 26.3. The van der Waals surface area contributed by atoms with Gasteiger partial charge in [0, 0.05) is 31.4 Å². The molecule has 0 bridgehead atoms. The van der Waals surface area contributed by atoms with Gasteiger partial charge in [-0.2, -0.15) is 0 Å². The number of rotatable bonds is 2. The molecule has 0 radical (unpaired) electrons. The Morgan fingerprint density at radius 3 is 2.79 bits per heavy atom. The van der Waals surface area contributed by atoms with Crippen molar-refractivity contribution in [3.63, 3.8) is 0 Å². The number of nitrogens with zero attached hydrogens (tertiary/aromatic N) is 1. The fourth-order valence-electron chi connectivity index (χ4n) is 2.61. The number of nitrogens with two attached hydrogens (primary N) is 1. The lowest BCUT2D eigenvalue weighted by molar-refractivity contribution is -0.0104. The van der Waals surface area contributed by atoms with Crippen molar-refractivity contribution in [1.82, 2.24) is 0 Å². The van der Waals surface area contributed by atoms with Crippen LogP contribution in [0.1, 0.15) is 6.92 Å². The first kappa shape index (κ1) is 12.6. The average molecular weight is 264 g/mol. The van der Waals surface area contributed by atoms with E-state index >= 15 is 0 Å².